The number of para-hydroxylation sites is 1. The first-order chi connectivity index (χ1) is 25.8. The average molecular weight is 751 g/mol. The van der Waals surface area contributed by atoms with E-state index in [4.69, 9.17) is 0 Å². The van der Waals surface area contributed by atoms with Crippen molar-refractivity contribution in [2.24, 2.45) is 0 Å². The number of nitrogens with zero attached hydrogens (tertiary/aromatic N) is 8. The zero-order valence-corrected chi connectivity index (χ0v) is 36.6. The summed E-state index contributed by atoms with van der Waals surface area (Å²) in [5.74, 6) is 0.350. The van der Waals surface area contributed by atoms with Crippen LogP contribution in [-0.4, -0.2) is 167 Å². The number of amides is 1. The maximum absolute atomic E-state index is 11.7. The second-order valence-electron chi connectivity index (χ2n) is 18.7. The Morgan fingerprint density at radius 3 is 1.63 bits per heavy atom. The standard InChI is InChI=1S/C12H17N.C10H20N2.C9H16N2O.C9H18N2.C5H11N/c1-10(2)13-9-5-7-11-6-3-4-8-12(11)13;1-9(2)12-7-6-11-5-3-4-10(11)8-12;1-7(2)11-6-10-5-3-4-8(10)9(11)12;1-8(2)11-6-9-4-3-5-10(9)7-11;1-5(2)6-3-4-6/h3-4,6,8,10H,5,7,9H2,1-2H3;9-10H,3-8H2,1-2H3;7-8H,3-6H2,1-2H3;8-9H,3-7H2,1-2H3;5H,3-4H2,1-2H3. The molecular formula is C45H82N8O. The Balaban J connectivity index is 0.000000132. The van der Waals surface area contributed by atoms with E-state index in [-0.39, 0.29) is 6.04 Å². The van der Waals surface area contributed by atoms with E-state index in [0.717, 1.165) is 49.8 Å². The molecule has 1 aromatic rings. The van der Waals surface area contributed by atoms with Crippen molar-refractivity contribution in [1.29, 1.82) is 0 Å². The Bertz CT molecular complexity index is 1250. The molecule has 8 heterocycles. The van der Waals surface area contributed by atoms with Gasteiger partial charge in [0.2, 0.25) is 5.91 Å². The van der Waals surface area contributed by atoms with Crippen molar-refractivity contribution >= 4 is 11.6 Å². The first-order valence-corrected chi connectivity index (χ1v) is 22.4. The summed E-state index contributed by atoms with van der Waals surface area (Å²) < 4.78 is 0. The minimum Gasteiger partial charge on any atom is -0.369 e. The molecule has 0 N–H and O–H groups in total. The number of carbonyl (C=O) groups is 1. The SMILES string of the molecule is CC(C)N1CC1.CC(C)N1CC2CCCN2C1.CC(C)N1CCCc2ccccc21.CC(C)N1CCN2CCCC2C1.CC(C)N1CN2CCCC2C1=O. The summed E-state index contributed by atoms with van der Waals surface area (Å²) in [4.78, 5) is 31.4. The molecule has 308 valence electrons. The summed E-state index contributed by atoms with van der Waals surface area (Å²) in [7, 11) is 0. The zero-order valence-electron chi connectivity index (χ0n) is 36.6. The van der Waals surface area contributed by atoms with Gasteiger partial charge in [-0.1, -0.05) is 18.2 Å². The number of rotatable bonds is 5. The number of benzene rings is 1. The summed E-state index contributed by atoms with van der Waals surface area (Å²) in [6.07, 6.45) is 10.5. The van der Waals surface area contributed by atoms with Gasteiger partial charge in [-0.05, 0) is 145 Å². The molecule has 7 saturated heterocycles. The van der Waals surface area contributed by atoms with Gasteiger partial charge in [-0.3, -0.25) is 34.2 Å². The van der Waals surface area contributed by atoms with Gasteiger partial charge in [0.1, 0.15) is 0 Å². The molecule has 3 unspecified atom stereocenters. The van der Waals surface area contributed by atoms with E-state index in [1.165, 1.54) is 122 Å². The first kappa shape index (κ1) is 43.4. The fraction of sp³-hybridized carbons (Fsp3) is 0.844. The molecule has 1 amide bonds. The van der Waals surface area contributed by atoms with Crippen LogP contribution in [0.5, 0.6) is 0 Å². The lowest BCUT2D eigenvalue weighted by Crippen LogP contribution is -2.52. The number of hydrogen-bond donors (Lipinski definition) is 0. The third-order valence-electron chi connectivity index (χ3n) is 13.3. The molecule has 7 fully saturated rings. The molecule has 1 aromatic carbocycles. The van der Waals surface area contributed by atoms with E-state index < -0.39 is 0 Å². The van der Waals surface area contributed by atoms with Crippen LogP contribution in [0.1, 0.15) is 120 Å². The lowest BCUT2D eigenvalue weighted by atomic mass is 10.0. The lowest BCUT2D eigenvalue weighted by molar-refractivity contribution is -0.130. The van der Waals surface area contributed by atoms with Crippen LogP contribution in [0.25, 0.3) is 0 Å². The fourth-order valence-electron chi connectivity index (χ4n) is 9.53. The van der Waals surface area contributed by atoms with Crippen molar-refractivity contribution in [1.82, 2.24) is 34.3 Å². The van der Waals surface area contributed by atoms with Gasteiger partial charge in [0.25, 0.3) is 0 Å². The smallest absolute Gasteiger partial charge is 0.241 e. The van der Waals surface area contributed by atoms with Gasteiger partial charge < -0.3 is 9.80 Å². The minimum absolute atomic E-state index is 0.229. The van der Waals surface area contributed by atoms with Crippen LogP contribution in [0.15, 0.2) is 24.3 Å². The molecule has 0 spiro atoms. The van der Waals surface area contributed by atoms with E-state index in [1.54, 1.807) is 0 Å². The Morgan fingerprint density at radius 1 is 0.500 bits per heavy atom. The van der Waals surface area contributed by atoms with Crippen LogP contribution in [0, 0.1) is 0 Å². The highest BCUT2D eigenvalue weighted by atomic mass is 16.2. The van der Waals surface area contributed by atoms with Gasteiger partial charge in [-0.15, -0.1) is 0 Å². The Labute approximate surface area is 332 Å². The summed E-state index contributed by atoms with van der Waals surface area (Å²) in [5, 5.41) is 0. The van der Waals surface area contributed by atoms with Crippen LogP contribution in [-0.2, 0) is 11.2 Å². The summed E-state index contributed by atoms with van der Waals surface area (Å²) in [5.41, 5.74) is 2.96. The Kier molecular flexibility index (Phi) is 16.6. The molecule has 0 saturated carbocycles. The fourth-order valence-corrected chi connectivity index (χ4v) is 9.53. The van der Waals surface area contributed by atoms with Crippen LogP contribution in [0.3, 0.4) is 0 Å². The van der Waals surface area contributed by atoms with Gasteiger partial charge in [0.05, 0.1) is 19.4 Å². The normalized spacial score (nSPS) is 27.2. The lowest BCUT2D eigenvalue weighted by Gasteiger charge is -2.39. The number of carbonyl (C=O) groups excluding carboxylic acids is 1. The van der Waals surface area contributed by atoms with Crippen molar-refractivity contribution in [3.8, 4) is 0 Å². The van der Waals surface area contributed by atoms with Gasteiger partial charge in [0.15, 0.2) is 0 Å². The Morgan fingerprint density at radius 2 is 1.06 bits per heavy atom. The van der Waals surface area contributed by atoms with Crippen LogP contribution < -0.4 is 4.90 Å². The molecule has 9 heteroatoms. The maximum atomic E-state index is 11.7. The molecule has 9 rings (SSSR count). The van der Waals surface area contributed by atoms with Gasteiger partial charge in [-0.25, -0.2) is 0 Å². The van der Waals surface area contributed by atoms with Crippen LogP contribution in [0.4, 0.5) is 5.69 Å². The second-order valence-corrected chi connectivity index (χ2v) is 18.7. The largest absolute Gasteiger partial charge is 0.369 e. The van der Waals surface area contributed by atoms with Crippen molar-refractivity contribution in [2.45, 2.75) is 169 Å². The van der Waals surface area contributed by atoms with Crippen LogP contribution in [0.2, 0.25) is 0 Å². The number of piperazine rings is 1. The van der Waals surface area contributed by atoms with Gasteiger partial charge >= 0.3 is 0 Å². The molecule has 0 aliphatic carbocycles. The molecule has 0 bridgehead atoms. The van der Waals surface area contributed by atoms with Crippen molar-refractivity contribution in [3.05, 3.63) is 29.8 Å². The molecule has 8 aliphatic rings. The highest BCUT2D eigenvalue weighted by molar-refractivity contribution is 5.84. The van der Waals surface area contributed by atoms with Crippen molar-refractivity contribution in [2.75, 3.05) is 83.7 Å². The van der Waals surface area contributed by atoms with E-state index in [9.17, 15) is 4.79 Å². The first-order valence-electron chi connectivity index (χ1n) is 22.4. The zero-order chi connectivity index (χ0) is 38.9. The minimum atomic E-state index is 0.229. The van der Waals surface area contributed by atoms with Crippen LogP contribution >= 0.6 is 0 Å². The summed E-state index contributed by atoms with van der Waals surface area (Å²) in [6.45, 7) is 37.4. The monoisotopic (exact) mass is 751 g/mol. The molecule has 0 aromatic heterocycles. The van der Waals surface area contributed by atoms with E-state index in [2.05, 4.69) is 128 Å². The third-order valence-corrected chi connectivity index (χ3v) is 13.3. The van der Waals surface area contributed by atoms with Crippen molar-refractivity contribution < 1.29 is 4.79 Å². The Hall–Kier alpha value is -1.75. The quantitative estimate of drug-likeness (QED) is 0.316. The highest BCUT2D eigenvalue weighted by Crippen LogP contribution is 2.29. The molecule has 8 aliphatic heterocycles. The number of hydrogen-bond acceptors (Lipinski definition) is 8. The maximum Gasteiger partial charge on any atom is 0.241 e. The van der Waals surface area contributed by atoms with E-state index in [0.29, 0.717) is 18.0 Å². The highest BCUT2D eigenvalue weighted by Gasteiger charge is 2.41. The summed E-state index contributed by atoms with van der Waals surface area (Å²) >= 11 is 0. The predicted octanol–water partition coefficient (Wildman–Crippen LogP) is 6.52. The molecule has 54 heavy (non-hydrogen) atoms. The van der Waals surface area contributed by atoms with E-state index in [1.807, 2.05) is 4.90 Å². The topological polar surface area (TPSA) is 42.8 Å². The third kappa shape index (κ3) is 11.9. The number of anilines is 1. The number of fused-ring (bicyclic) bond motifs is 4. The number of aryl methyl sites for hydroxylation is 1. The average Bonchev–Trinajstić information content (AvgIpc) is 3.56. The van der Waals surface area contributed by atoms with E-state index >= 15 is 0 Å². The molecule has 3 atom stereocenters. The molecule has 0 radical (unpaired) electrons. The van der Waals surface area contributed by atoms with Gasteiger partial charge in [0, 0.05) is 100 Å². The second kappa shape index (κ2) is 20.6. The van der Waals surface area contributed by atoms with Gasteiger partial charge in [-0.2, -0.15) is 0 Å². The predicted molar refractivity (Wildman–Crippen MR) is 228 cm³/mol. The summed E-state index contributed by atoms with van der Waals surface area (Å²) in [6, 6.07) is 14.1. The van der Waals surface area contributed by atoms with Crippen molar-refractivity contribution in [3.63, 3.8) is 0 Å². The molecular weight excluding hydrogens is 669 g/mol. The molecule has 9 nitrogen and oxygen atoms in total.